The van der Waals surface area contributed by atoms with Crippen LogP contribution < -0.4 is 0 Å². The minimum Gasteiger partial charge on any atom is -0.457 e. The van der Waals surface area contributed by atoms with Crippen LogP contribution in [0.1, 0.15) is 44.6 Å². The Morgan fingerprint density at radius 1 is 1.30 bits per heavy atom. The van der Waals surface area contributed by atoms with Gasteiger partial charge in [-0.05, 0) is 38.0 Å². The van der Waals surface area contributed by atoms with E-state index in [0.29, 0.717) is 5.69 Å². The van der Waals surface area contributed by atoms with Crippen LogP contribution in [0.5, 0.6) is 0 Å². The Hall–Kier alpha value is -2.46. The molecule has 9 heteroatoms. The molecule has 3 heterocycles. The molecule has 202 valence electrons. The highest BCUT2D eigenvalue weighted by Gasteiger charge is 2.69. The third-order valence-corrected chi connectivity index (χ3v) is 8.94. The maximum absolute atomic E-state index is 13.1. The molecular formula is C28H37NO8. The van der Waals surface area contributed by atoms with Crippen LogP contribution in [0.3, 0.4) is 0 Å². The van der Waals surface area contributed by atoms with Crippen LogP contribution >= 0.6 is 0 Å². The summed E-state index contributed by atoms with van der Waals surface area (Å²) >= 11 is 0. The molecule has 1 spiro atoms. The van der Waals surface area contributed by atoms with E-state index in [1.54, 1.807) is 25.3 Å². The average molecular weight is 516 g/mol. The van der Waals surface area contributed by atoms with Gasteiger partial charge >= 0.3 is 11.9 Å². The average Bonchev–Trinajstić information content (AvgIpc) is 3.46. The molecule has 1 saturated carbocycles. The quantitative estimate of drug-likeness (QED) is 0.412. The Morgan fingerprint density at radius 3 is 2.70 bits per heavy atom. The normalized spacial score (nSPS) is 45.3. The third-order valence-electron chi connectivity index (χ3n) is 8.94. The van der Waals surface area contributed by atoms with Gasteiger partial charge in [-0.25, -0.2) is 9.59 Å². The standard InChI is InChI=1S/C28H37NO8/c1-13-11-14(2)28-17(12-20(34-5)27(33)35-23(13)16(4)30)8-9-18-21(28)22(31)15(3)24(25(18)37-28)36-26(32)19-7-6-10-29-19/h6-11,13,15-18,20-25,29-31H,12H2,1-5H3/b14-11-/t13-,15-,16-,17-,18-,20?,21+,22-,23+,24-,25-,28+/m1/s1. The van der Waals surface area contributed by atoms with Crippen molar-refractivity contribution in [2.24, 2.45) is 29.6 Å². The number of aliphatic hydroxyl groups excluding tert-OH is 2. The molecule has 1 unspecified atom stereocenters. The number of carbonyl (C=O) groups excluding carboxylic acids is 2. The lowest BCUT2D eigenvalue weighted by molar-refractivity contribution is -0.172. The number of cyclic esters (lactones) is 1. The lowest BCUT2D eigenvalue weighted by Gasteiger charge is -2.48. The topological polar surface area (TPSA) is 127 Å². The molecule has 2 aliphatic carbocycles. The summed E-state index contributed by atoms with van der Waals surface area (Å²) in [4.78, 5) is 28.8. The van der Waals surface area contributed by atoms with Gasteiger partial charge in [-0.2, -0.15) is 0 Å². The summed E-state index contributed by atoms with van der Waals surface area (Å²) < 4.78 is 24.2. The van der Waals surface area contributed by atoms with Crippen molar-refractivity contribution in [3.8, 4) is 0 Å². The number of ether oxygens (including phenoxy) is 4. The van der Waals surface area contributed by atoms with Gasteiger partial charge in [-0.1, -0.05) is 32.1 Å². The number of rotatable bonds is 4. The molecule has 9 nitrogen and oxygen atoms in total. The minimum absolute atomic E-state index is 0.175. The van der Waals surface area contributed by atoms with Gasteiger partial charge < -0.3 is 34.1 Å². The fourth-order valence-corrected chi connectivity index (χ4v) is 7.14. The zero-order valence-electron chi connectivity index (χ0n) is 21.9. The molecule has 2 aliphatic heterocycles. The fourth-order valence-electron chi connectivity index (χ4n) is 7.14. The number of methoxy groups -OCH3 is 1. The van der Waals surface area contributed by atoms with Crippen molar-refractivity contribution in [3.05, 3.63) is 47.8 Å². The first kappa shape index (κ1) is 26.2. The molecular weight excluding hydrogens is 478 g/mol. The van der Waals surface area contributed by atoms with Gasteiger partial charge in [-0.15, -0.1) is 0 Å². The van der Waals surface area contributed by atoms with Crippen molar-refractivity contribution in [2.45, 2.75) is 76.3 Å². The number of aromatic amines is 1. The predicted octanol–water partition coefficient (Wildman–Crippen LogP) is 2.40. The molecule has 1 aromatic heterocycles. The molecule has 0 radical (unpaired) electrons. The Kier molecular flexibility index (Phi) is 6.85. The maximum Gasteiger partial charge on any atom is 0.355 e. The van der Waals surface area contributed by atoms with E-state index in [2.05, 4.69) is 4.98 Å². The van der Waals surface area contributed by atoms with E-state index in [-0.39, 0.29) is 36.0 Å². The summed E-state index contributed by atoms with van der Waals surface area (Å²) in [5.41, 5.74) is 0.301. The number of aromatic nitrogens is 1. The lowest BCUT2D eigenvalue weighted by Crippen LogP contribution is -2.57. The summed E-state index contributed by atoms with van der Waals surface area (Å²) in [6.07, 6.45) is 3.53. The number of aliphatic hydroxyl groups is 2. The Balaban J connectivity index is 1.58. The maximum atomic E-state index is 13.1. The van der Waals surface area contributed by atoms with Crippen LogP contribution in [-0.2, 0) is 23.7 Å². The summed E-state index contributed by atoms with van der Waals surface area (Å²) in [5.74, 6) is -2.49. The van der Waals surface area contributed by atoms with Gasteiger partial charge in [0, 0.05) is 42.9 Å². The van der Waals surface area contributed by atoms with E-state index in [9.17, 15) is 19.8 Å². The number of esters is 2. The highest BCUT2D eigenvalue weighted by molar-refractivity contribution is 5.87. The zero-order valence-corrected chi connectivity index (χ0v) is 21.9. The minimum atomic E-state index is -0.933. The molecule has 0 amide bonds. The van der Waals surface area contributed by atoms with Gasteiger partial charge in [0.25, 0.3) is 0 Å². The second kappa shape index (κ2) is 9.69. The first-order chi connectivity index (χ1) is 17.6. The van der Waals surface area contributed by atoms with E-state index >= 15 is 0 Å². The van der Waals surface area contributed by atoms with Crippen molar-refractivity contribution in [3.63, 3.8) is 0 Å². The second-order valence-corrected chi connectivity index (χ2v) is 11.1. The Labute approximate surface area is 216 Å². The Morgan fingerprint density at radius 2 is 2.05 bits per heavy atom. The first-order valence-electron chi connectivity index (χ1n) is 13.1. The van der Waals surface area contributed by atoms with E-state index in [0.717, 1.165) is 5.57 Å². The summed E-state index contributed by atoms with van der Waals surface area (Å²) in [6, 6.07) is 3.37. The van der Waals surface area contributed by atoms with Crippen LogP contribution in [0.25, 0.3) is 0 Å². The number of nitrogens with one attached hydrogen (secondary N) is 1. The predicted molar refractivity (Wildman–Crippen MR) is 132 cm³/mol. The molecule has 0 aromatic carbocycles. The van der Waals surface area contributed by atoms with E-state index < -0.39 is 54.2 Å². The third kappa shape index (κ3) is 4.07. The van der Waals surface area contributed by atoms with Gasteiger partial charge in [0.2, 0.25) is 0 Å². The summed E-state index contributed by atoms with van der Waals surface area (Å²) in [6.45, 7) is 7.35. The molecule has 1 saturated heterocycles. The lowest BCUT2D eigenvalue weighted by atomic mass is 9.57. The van der Waals surface area contributed by atoms with Crippen LogP contribution in [0, 0.1) is 29.6 Å². The molecule has 4 aliphatic rings. The van der Waals surface area contributed by atoms with E-state index in [1.807, 2.05) is 39.0 Å². The van der Waals surface area contributed by atoms with Crippen LogP contribution in [-0.4, -0.2) is 76.5 Å². The van der Waals surface area contributed by atoms with Gasteiger partial charge in [0.05, 0.1) is 12.2 Å². The molecule has 4 bridgehead atoms. The summed E-state index contributed by atoms with van der Waals surface area (Å²) in [7, 11) is 1.46. The smallest absolute Gasteiger partial charge is 0.355 e. The molecule has 2 fully saturated rings. The van der Waals surface area contributed by atoms with Crippen molar-refractivity contribution >= 4 is 11.9 Å². The highest BCUT2D eigenvalue weighted by atomic mass is 16.6. The van der Waals surface area contributed by atoms with Crippen molar-refractivity contribution < 1.29 is 38.7 Å². The first-order valence-corrected chi connectivity index (χ1v) is 13.1. The molecule has 37 heavy (non-hydrogen) atoms. The number of hydrogen-bond donors (Lipinski definition) is 3. The number of hydrogen-bond acceptors (Lipinski definition) is 8. The molecule has 1 aromatic rings. The van der Waals surface area contributed by atoms with Gasteiger partial charge in [-0.3, -0.25) is 0 Å². The largest absolute Gasteiger partial charge is 0.457 e. The fraction of sp³-hybridized carbons (Fsp3) is 0.643. The van der Waals surface area contributed by atoms with Gasteiger partial charge in [0.15, 0.2) is 6.10 Å². The van der Waals surface area contributed by atoms with E-state index in [4.69, 9.17) is 18.9 Å². The highest BCUT2D eigenvalue weighted by Crippen LogP contribution is 2.61. The van der Waals surface area contributed by atoms with Crippen molar-refractivity contribution in [1.82, 2.24) is 4.98 Å². The van der Waals surface area contributed by atoms with Crippen LogP contribution in [0.4, 0.5) is 0 Å². The van der Waals surface area contributed by atoms with Crippen LogP contribution in [0.15, 0.2) is 42.1 Å². The molecule has 3 N–H and O–H groups in total. The van der Waals surface area contributed by atoms with Crippen LogP contribution in [0.2, 0.25) is 0 Å². The monoisotopic (exact) mass is 515 g/mol. The molecule has 12 atom stereocenters. The van der Waals surface area contributed by atoms with Crippen molar-refractivity contribution in [1.29, 1.82) is 0 Å². The number of H-pyrrole nitrogens is 1. The SMILES string of the molecule is COC1C[C@H]2C=C[C@H]3[C@H]4O[C@]2(/C(C)=C\[C@@H](C)[C@@H]([C@@H](C)O)OC1=O)[C@@H]3[C@H](O)[C@@H](C)[C@H]4OC(=O)c1ccc[nH]1. The summed E-state index contributed by atoms with van der Waals surface area (Å²) in [5, 5.41) is 22.1. The Bertz CT molecular complexity index is 1080. The second-order valence-electron chi connectivity index (χ2n) is 11.1. The van der Waals surface area contributed by atoms with Crippen molar-refractivity contribution in [2.75, 3.05) is 7.11 Å². The zero-order chi connectivity index (χ0) is 26.6. The van der Waals surface area contributed by atoms with E-state index in [1.165, 1.54) is 7.11 Å². The van der Waals surface area contributed by atoms with Gasteiger partial charge in [0.1, 0.15) is 29.6 Å². The molecule has 5 rings (SSSR count). The number of carbonyl (C=O) groups is 2.